The van der Waals surface area contributed by atoms with Crippen molar-refractivity contribution in [2.45, 2.75) is 20.3 Å². The molecular formula is C16H23NO5. The summed E-state index contributed by atoms with van der Waals surface area (Å²) in [5.41, 5.74) is -0.574. The normalized spacial score (nSPS) is 11.0. The monoisotopic (exact) mass is 309 g/mol. The predicted octanol–water partition coefficient (Wildman–Crippen LogP) is 1.94. The molecule has 0 heterocycles. The van der Waals surface area contributed by atoms with Gasteiger partial charge in [-0.15, -0.1) is 0 Å². The number of amides is 1. The first kappa shape index (κ1) is 18.0. The standard InChI is InChI=1S/C16H23NO5/c1-16(2,15(19)20)11-17-14(18)12-6-4-7-13(10-12)22-9-5-8-21-3/h4,6-7,10H,5,8-9,11H2,1-3H3,(H,17,18)(H,19,20). The van der Waals surface area contributed by atoms with E-state index >= 15 is 0 Å². The van der Waals surface area contributed by atoms with E-state index in [9.17, 15) is 9.59 Å². The quantitative estimate of drug-likeness (QED) is 0.681. The summed E-state index contributed by atoms with van der Waals surface area (Å²) < 4.78 is 10.5. The van der Waals surface area contributed by atoms with Gasteiger partial charge in [0.25, 0.3) is 5.91 Å². The Morgan fingerprint density at radius 2 is 2.00 bits per heavy atom. The molecule has 22 heavy (non-hydrogen) atoms. The minimum atomic E-state index is -1.01. The first-order valence-corrected chi connectivity index (χ1v) is 7.10. The summed E-state index contributed by atoms with van der Waals surface area (Å²) in [6, 6.07) is 6.79. The van der Waals surface area contributed by atoms with Crippen LogP contribution in [0.1, 0.15) is 30.6 Å². The molecule has 2 N–H and O–H groups in total. The highest BCUT2D eigenvalue weighted by Gasteiger charge is 2.27. The van der Waals surface area contributed by atoms with E-state index in [1.807, 2.05) is 0 Å². The molecule has 0 aromatic heterocycles. The lowest BCUT2D eigenvalue weighted by molar-refractivity contribution is -0.146. The SMILES string of the molecule is COCCCOc1cccc(C(=O)NCC(C)(C)C(=O)O)c1. The summed E-state index contributed by atoms with van der Waals surface area (Å²) in [7, 11) is 1.63. The van der Waals surface area contributed by atoms with Crippen LogP contribution in [0.5, 0.6) is 5.75 Å². The fourth-order valence-electron chi connectivity index (χ4n) is 1.60. The van der Waals surface area contributed by atoms with Crippen LogP contribution in [-0.2, 0) is 9.53 Å². The van der Waals surface area contributed by atoms with E-state index in [-0.39, 0.29) is 12.5 Å². The molecule has 0 aliphatic carbocycles. The Balaban J connectivity index is 2.57. The molecule has 6 heteroatoms. The fourth-order valence-corrected chi connectivity index (χ4v) is 1.60. The summed E-state index contributed by atoms with van der Waals surface area (Å²) in [5.74, 6) is -0.680. The first-order valence-electron chi connectivity index (χ1n) is 7.10. The molecule has 0 atom stereocenters. The van der Waals surface area contributed by atoms with Gasteiger partial charge in [-0.2, -0.15) is 0 Å². The van der Waals surface area contributed by atoms with Crippen molar-refractivity contribution in [2.75, 3.05) is 26.9 Å². The minimum Gasteiger partial charge on any atom is -0.493 e. The van der Waals surface area contributed by atoms with Gasteiger partial charge >= 0.3 is 5.97 Å². The van der Waals surface area contributed by atoms with Crippen molar-refractivity contribution < 1.29 is 24.2 Å². The molecule has 1 aromatic carbocycles. The summed E-state index contributed by atoms with van der Waals surface area (Å²) in [6.07, 6.45) is 0.764. The number of carbonyl (C=O) groups is 2. The van der Waals surface area contributed by atoms with Gasteiger partial charge < -0.3 is 19.9 Å². The third kappa shape index (κ3) is 5.73. The number of benzene rings is 1. The fraction of sp³-hybridized carbons (Fsp3) is 0.500. The van der Waals surface area contributed by atoms with E-state index in [4.69, 9.17) is 14.6 Å². The number of ether oxygens (including phenoxy) is 2. The van der Waals surface area contributed by atoms with E-state index in [1.165, 1.54) is 0 Å². The van der Waals surface area contributed by atoms with Crippen molar-refractivity contribution in [3.05, 3.63) is 29.8 Å². The summed E-state index contributed by atoms with van der Waals surface area (Å²) in [4.78, 5) is 23.1. The van der Waals surface area contributed by atoms with Crippen molar-refractivity contribution in [1.82, 2.24) is 5.32 Å². The number of carboxylic acid groups (broad SMARTS) is 1. The molecule has 0 aliphatic heterocycles. The molecule has 0 saturated heterocycles. The van der Waals surface area contributed by atoms with Crippen LogP contribution in [0.25, 0.3) is 0 Å². The Bertz CT molecular complexity index is 513. The number of hydrogen-bond acceptors (Lipinski definition) is 4. The lowest BCUT2D eigenvalue weighted by atomic mass is 9.94. The number of rotatable bonds is 9. The van der Waals surface area contributed by atoms with Crippen LogP contribution in [0.15, 0.2) is 24.3 Å². The number of carbonyl (C=O) groups excluding carboxylic acids is 1. The van der Waals surface area contributed by atoms with E-state index in [0.29, 0.717) is 24.5 Å². The maximum absolute atomic E-state index is 12.1. The lowest BCUT2D eigenvalue weighted by Gasteiger charge is -2.19. The molecule has 6 nitrogen and oxygen atoms in total. The molecule has 1 amide bonds. The molecule has 0 aliphatic rings. The van der Waals surface area contributed by atoms with Gasteiger partial charge in [0.1, 0.15) is 5.75 Å². The van der Waals surface area contributed by atoms with Gasteiger partial charge in [0, 0.05) is 32.2 Å². The van der Waals surface area contributed by atoms with E-state index < -0.39 is 11.4 Å². The van der Waals surface area contributed by atoms with Gasteiger partial charge in [-0.25, -0.2) is 0 Å². The largest absolute Gasteiger partial charge is 0.493 e. The zero-order valence-electron chi connectivity index (χ0n) is 13.2. The Morgan fingerprint density at radius 3 is 2.64 bits per heavy atom. The van der Waals surface area contributed by atoms with Crippen LogP contribution >= 0.6 is 0 Å². The maximum Gasteiger partial charge on any atom is 0.310 e. The average Bonchev–Trinajstić information content (AvgIpc) is 2.49. The van der Waals surface area contributed by atoms with E-state index in [2.05, 4.69) is 5.32 Å². The van der Waals surface area contributed by atoms with Crippen molar-refractivity contribution in [1.29, 1.82) is 0 Å². The Kier molecular flexibility index (Phi) is 6.85. The number of aliphatic carboxylic acids is 1. The molecule has 0 fully saturated rings. The molecule has 1 rings (SSSR count). The Labute approximate surface area is 130 Å². The van der Waals surface area contributed by atoms with Crippen LogP contribution in [0, 0.1) is 5.41 Å². The highest BCUT2D eigenvalue weighted by Crippen LogP contribution is 2.16. The van der Waals surface area contributed by atoms with Crippen molar-refractivity contribution >= 4 is 11.9 Å². The lowest BCUT2D eigenvalue weighted by Crippen LogP contribution is -2.38. The molecule has 0 bridgehead atoms. The minimum absolute atomic E-state index is 0.0556. The Morgan fingerprint density at radius 1 is 1.27 bits per heavy atom. The second kappa shape index (κ2) is 8.38. The number of methoxy groups -OCH3 is 1. The van der Waals surface area contributed by atoms with Gasteiger partial charge in [-0.05, 0) is 32.0 Å². The number of hydrogen-bond donors (Lipinski definition) is 2. The van der Waals surface area contributed by atoms with Crippen LogP contribution < -0.4 is 10.1 Å². The Hall–Kier alpha value is -2.08. The smallest absolute Gasteiger partial charge is 0.310 e. The first-order chi connectivity index (χ1) is 10.4. The van der Waals surface area contributed by atoms with Gasteiger partial charge in [0.2, 0.25) is 0 Å². The molecule has 0 radical (unpaired) electrons. The van der Waals surface area contributed by atoms with E-state index in [1.54, 1.807) is 45.2 Å². The van der Waals surface area contributed by atoms with Crippen molar-refractivity contribution in [2.24, 2.45) is 5.41 Å². The zero-order chi connectivity index (χ0) is 16.6. The number of nitrogens with one attached hydrogen (secondary N) is 1. The van der Waals surface area contributed by atoms with E-state index in [0.717, 1.165) is 6.42 Å². The van der Waals surface area contributed by atoms with Crippen molar-refractivity contribution in [3.8, 4) is 5.75 Å². The highest BCUT2D eigenvalue weighted by molar-refractivity contribution is 5.94. The second-order valence-corrected chi connectivity index (χ2v) is 5.59. The highest BCUT2D eigenvalue weighted by atomic mass is 16.5. The van der Waals surface area contributed by atoms with Crippen LogP contribution in [0.3, 0.4) is 0 Å². The maximum atomic E-state index is 12.1. The van der Waals surface area contributed by atoms with Crippen LogP contribution in [0.2, 0.25) is 0 Å². The van der Waals surface area contributed by atoms with Crippen molar-refractivity contribution in [3.63, 3.8) is 0 Å². The summed E-state index contributed by atoms with van der Waals surface area (Å²) in [5, 5.41) is 11.7. The molecular weight excluding hydrogens is 286 g/mol. The predicted molar refractivity (Wildman–Crippen MR) is 82.2 cm³/mol. The van der Waals surface area contributed by atoms with Gasteiger partial charge in [-0.3, -0.25) is 9.59 Å². The second-order valence-electron chi connectivity index (χ2n) is 5.59. The topological polar surface area (TPSA) is 84.9 Å². The summed E-state index contributed by atoms with van der Waals surface area (Å²) in [6.45, 7) is 4.30. The van der Waals surface area contributed by atoms with Crippen LogP contribution in [-0.4, -0.2) is 43.9 Å². The average molecular weight is 309 g/mol. The summed E-state index contributed by atoms with van der Waals surface area (Å²) >= 11 is 0. The molecule has 0 spiro atoms. The van der Waals surface area contributed by atoms with Crippen LogP contribution in [0.4, 0.5) is 0 Å². The molecule has 1 aromatic rings. The number of carboxylic acids is 1. The molecule has 0 saturated carbocycles. The van der Waals surface area contributed by atoms with Gasteiger partial charge in [0.05, 0.1) is 12.0 Å². The third-order valence-electron chi connectivity index (χ3n) is 3.13. The third-order valence-corrected chi connectivity index (χ3v) is 3.13. The van der Waals surface area contributed by atoms with Gasteiger partial charge in [-0.1, -0.05) is 6.07 Å². The van der Waals surface area contributed by atoms with Gasteiger partial charge in [0.15, 0.2) is 0 Å². The molecule has 122 valence electrons. The zero-order valence-corrected chi connectivity index (χ0v) is 13.2. The molecule has 0 unspecified atom stereocenters.